The van der Waals surface area contributed by atoms with Crippen LogP contribution in [-0.2, 0) is 4.74 Å². The van der Waals surface area contributed by atoms with Gasteiger partial charge in [0.2, 0.25) is 0 Å². The molecule has 0 aromatic carbocycles. The average molecular weight is 116 g/mol. The number of ether oxygens (including phenoxy) is 1. The lowest BCUT2D eigenvalue weighted by molar-refractivity contribution is 0.180. The van der Waals surface area contributed by atoms with Gasteiger partial charge in [-0.2, -0.15) is 0 Å². The van der Waals surface area contributed by atoms with E-state index < -0.39 is 0 Å². The van der Waals surface area contributed by atoms with E-state index in [0.29, 0.717) is 6.10 Å². The Bertz CT molecular complexity index is 59.1. The van der Waals surface area contributed by atoms with Gasteiger partial charge in [-0.05, 0) is 13.8 Å². The molecule has 0 N–H and O–H groups in total. The number of rotatable bonds is 2. The van der Waals surface area contributed by atoms with Gasteiger partial charge in [-0.15, -0.1) is 0 Å². The highest BCUT2D eigenvalue weighted by Gasteiger charge is 1.82. The van der Waals surface area contributed by atoms with E-state index in [4.69, 9.17) is 4.74 Å². The fraction of sp³-hybridized carbons (Fsp3) is 0.600. The largest absolute Gasteiger partial charge is 0.499 e. The topological polar surface area (TPSA) is 9.23 Å². The molecule has 1 nitrogen and oxygen atoms in total. The summed E-state index contributed by atoms with van der Waals surface area (Å²) in [5.41, 5.74) is 2.01. The highest BCUT2D eigenvalue weighted by Crippen LogP contribution is 1.85. The molecule has 0 radical (unpaired) electrons. The van der Waals surface area contributed by atoms with Crippen LogP contribution in [0.5, 0.6) is 0 Å². The molecule has 0 spiro atoms. The average Bonchev–Trinajstić information content (AvgIpc) is 1.61. The molecule has 0 heterocycles. The second-order valence-corrected chi connectivity index (χ2v) is 2.32. The fourth-order valence-corrected chi connectivity index (χ4v) is 0.393. The highest BCUT2D eigenvalue weighted by atomic mass is 28.1. The summed E-state index contributed by atoms with van der Waals surface area (Å²) >= 11 is 0. The Labute approximate surface area is 47.8 Å². The normalized spacial score (nSPS) is 11.3. The van der Waals surface area contributed by atoms with E-state index in [1.165, 1.54) is 0 Å². The summed E-state index contributed by atoms with van der Waals surface area (Å²) in [6.45, 7) is 4.03. The van der Waals surface area contributed by atoms with Crippen LogP contribution in [-0.4, -0.2) is 16.3 Å². The van der Waals surface area contributed by atoms with Crippen molar-refractivity contribution >= 4 is 10.2 Å². The molecule has 0 bridgehead atoms. The Kier molecular flexibility index (Phi) is 3.79. The number of hydrogen-bond acceptors (Lipinski definition) is 1. The van der Waals surface area contributed by atoms with Crippen LogP contribution in [0.25, 0.3) is 0 Å². The van der Waals surface area contributed by atoms with Crippen LogP contribution in [0.4, 0.5) is 0 Å². The van der Waals surface area contributed by atoms with Crippen molar-refractivity contribution in [2.45, 2.75) is 20.0 Å². The second-order valence-electron chi connectivity index (χ2n) is 1.65. The predicted molar refractivity (Wildman–Crippen MR) is 35.3 cm³/mol. The van der Waals surface area contributed by atoms with Crippen LogP contribution in [0.3, 0.4) is 0 Å². The van der Waals surface area contributed by atoms with E-state index >= 15 is 0 Å². The molecule has 2 heteroatoms. The first kappa shape index (κ1) is 6.76. The van der Waals surface area contributed by atoms with E-state index in [1.807, 2.05) is 19.5 Å². The lowest BCUT2D eigenvalue weighted by atomic mass is 10.5. The highest BCUT2D eigenvalue weighted by molar-refractivity contribution is 6.16. The van der Waals surface area contributed by atoms with Gasteiger partial charge in [0, 0.05) is 10.2 Å². The van der Waals surface area contributed by atoms with Gasteiger partial charge in [-0.25, -0.2) is 0 Å². The van der Waals surface area contributed by atoms with Crippen LogP contribution in [0, 0.1) is 0 Å². The standard InChI is InChI=1S/C5H12OSi/c1-5(2)6-3-4-7/h3-5H,1-2,7H3. The van der Waals surface area contributed by atoms with Gasteiger partial charge >= 0.3 is 0 Å². The molecule has 0 saturated heterocycles. The lowest BCUT2D eigenvalue weighted by Gasteiger charge is -2.00. The van der Waals surface area contributed by atoms with Crippen molar-refractivity contribution in [2.75, 3.05) is 0 Å². The molecule has 0 amide bonds. The first-order valence-electron chi connectivity index (χ1n) is 2.54. The van der Waals surface area contributed by atoms with Gasteiger partial charge in [-0.3, -0.25) is 0 Å². The Morgan fingerprint density at radius 1 is 1.57 bits per heavy atom. The van der Waals surface area contributed by atoms with E-state index in [0.717, 1.165) is 10.2 Å². The van der Waals surface area contributed by atoms with E-state index in [9.17, 15) is 0 Å². The van der Waals surface area contributed by atoms with Gasteiger partial charge < -0.3 is 4.74 Å². The molecule has 0 aliphatic heterocycles. The summed E-state index contributed by atoms with van der Waals surface area (Å²) in [7, 11) is 1.09. The fourth-order valence-electron chi connectivity index (χ4n) is 0.236. The number of hydrogen-bond donors (Lipinski definition) is 0. The zero-order chi connectivity index (χ0) is 5.70. The van der Waals surface area contributed by atoms with E-state index in [1.54, 1.807) is 6.26 Å². The third kappa shape index (κ3) is 5.76. The molecule has 0 rings (SSSR count). The Hall–Kier alpha value is -0.243. The summed E-state index contributed by atoms with van der Waals surface area (Å²) in [5, 5.41) is 0. The van der Waals surface area contributed by atoms with Crippen LogP contribution in [0.1, 0.15) is 13.8 Å². The molecular formula is C5H12OSi. The summed E-state index contributed by atoms with van der Waals surface area (Å²) < 4.78 is 5.05. The maximum Gasteiger partial charge on any atom is 0.0922 e. The third-order valence-electron chi connectivity index (χ3n) is 0.487. The van der Waals surface area contributed by atoms with Crippen molar-refractivity contribution in [1.29, 1.82) is 0 Å². The van der Waals surface area contributed by atoms with Gasteiger partial charge in [0.1, 0.15) is 0 Å². The minimum atomic E-state index is 0.338. The van der Waals surface area contributed by atoms with Crippen molar-refractivity contribution in [3.8, 4) is 0 Å². The molecule has 0 aliphatic carbocycles. The maximum atomic E-state index is 5.05. The van der Waals surface area contributed by atoms with Gasteiger partial charge in [-0.1, -0.05) is 5.70 Å². The lowest BCUT2D eigenvalue weighted by Crippen LogP contribution is -1.94. The Balaban J connectivity index is 2.97. The molecule has 0 aromatic rings. The van der Waals surface area contributed by atoms with Crippen molar-refractivity contribution in [3.63, 3.8) is 0 Å². The Morgan fingerprint density at radius 2 is 2.14 bits per heavy atom. The van der Waals surface area contributed by atoms with Crippen LogP contribution >= 0.6 is 0 Å². The van der Waals surface area contributed by atoms with E-state index in [2.05, 4.69) is 0 Å². The quantitative estimate of drug-likeness (QED) is 0.371. The minimum absolute atomic E-state index is 0.338. The van der Waals surface area contributed by atoms with Gasteiger partial charge in [0.05, 0.1) is 12.4 Å². The third-order valence-corrected chi connectivity index (χ3v) is 0.759. The second kappa shape index (κ2) is 3.93. The summed E-state index contributed by atoms with van der Waals surface area (Å²) in [5.74, 6) is 0. The van der Waals surface area contributed by atoms with Crippen molar-refractivity contribution in [3.05, 3.63) is 12.0 Å². The summed E-state index contributed by atoms with van der Waals surface area (Å²) in [4.78, 5) is 0. The van der Waals surface area contributed by atoms with Crippen molar-refractivity contribution in [2.24, 2.45) is 0 Å². The Morgan fingerprint density at radius 3 is 2.29 bits per heavy atom. The zero-order valence-electron chi connectivity index (χ0n) is 5.14. The first-order chi connectivity index (χ1) is 3.27. The maximum absolute atomic E-state index is 5.05. The molecule has 7 heavy (non-hydrogen) atoms. The van der Waals surface area contributed by atoms with Crippen LogP contribution in [0.15, 0.2) is 12.0 Å². The molecule has 0 aromatic heterocycles. The molecule has 0 fully saturated rings. The molecule has 0 unspecified atom stereocenters. The minimum Gasteiger partial charge on any atom is -0.499 e. The van der Waals surface area contributed by atoms with E-state index in [-0.39, 0.29) is 0 Å². The molecular weight excluding hydrogens is 104 g/mol. The van der Waals surface area contributed by atoms with Crippen LogP contribution < -0.4 is 0 Å². The predicted octanol–water partition coefficient (Wildman–Crippen LogP) is 0.248. The van der Waals surface area contributed by atoms with Gasteiger partial charge in [0.15, 0.2) is 0 Å². The van der Waals surface area contributed by atoms with Gasteiger partial charge in [0.25, 0.3) is 0 Å². The van der Waals surface area contributed by atoms with Crippen molar-refractivity contribution in [1.82, 2.24) is 0 Å². The summed E-state index contributed by atoms with van der Waals surface area (Å²) in [6.07, 6.45) is 2.10. The van der Waals surface area contributed by atoms with Crippen molar-refractivity contribution < 1.29 is 4.74 Å². The molecule has 0 saturated carbocycles. The monoisotopic (exact) mass is 116 g/mol. The molecule has 0 aliphatic rings. The molecule has 42 valence electrons. The zero-order valence-corrected chi connectivity index (χ0v) is 7.14. The van der Waals surface area contributed by atoms with Crippen LogP contribution in [0.2, 0.25) is 0 Å². The summed E-state index contributed by atoms with van der Waals surface area (Å²) in [6, 6.07) is 0. The SMILES string of the molecule is CC(C)OC=C[SiH3]. The first-order valence-corrected chi connectivity index (χ1v) is 3.69. The smallest absolute Gasteiger partial charge is 0.0922 e. The molecule has 0 atom stereocenters.